The van der Waals surface area contributed by atoms with E-state index in [0.29, 0.717) is 13.0 Å². The summed E-state index contributed by atoms with van der Waals surface area (Å²) in [5.41, 5.74) is 0.876. The molecule has 1 amide bonds. The van der Waals surface area contributed by atoms with Crippen molar-refractivity contribution in [2.45, 2.75) is 25.9 Å². The molecule has 0 aromatic carbocycles. The van der Waals surface area contributed by atoms with Crippen LogP contribution in [0.3, 0.4) is 0 Å². The molecule has 0 bridgehead atoms. The van der Waals surface area contributed by atoms with Crippen molar-refractivity contribution in [1.29, 1.82) is 0 Å². The molecule has 0 aliphatic rings. The van der Waals surface area contributed by atoms with Crippen LogP contribution in [-0.4, -0.2) is 43.0 Å². The topological polar surface area (TPSA) is 76.8 Å². The summed E-state index contributed by atoms with van der Waals surface area (Å²) in [6.07, 6.45) is 3.58. The summed E-state index contributed by atoms with van der Waals surface area (Å²) in [5.74, 6) is 0.0358. The van der Waals surface area contributed by atoms with Crippen molar-refractivity contribution in [2.75, 3.05) is 7.05 Å². The highest BCUT2D eigenvalue weighted by Gasteiger charge is 2.17. The van der Waals surface area contributed by atoms with Gasteiger partial charge in [0.05, 0.1) is 18.3 Å². The van der Waals surface area contributed by atoms with Crippen molar-refractivity contribution >= 4 is 5.91 Å². The van der Waals surface area contributed by atoms with Crippen LogP contribution in [-0.2, 0) is 11.3 Å². The molecule has 0 fully saturated rings. The van der Waals surface area contributed by atoms with Crippen molar-refractivity contribution < 1.29 is 4.79 Å². The van der Waals surface area contributed by atoms with E-state index in [0.717, 1.165) is 5.69 Å². The smallest absolute Gasteiger partial charge is 0.224 e. The van der Waals surface area contributed by atoms with E-state index in [1.165, 1.54) is 11.0 Å². The first kappa shape index (κ1) is 13.1. The van der Waals surface area contributed by atoms with Gasteiger partial charge in [0.2, 0.25) is 5.91 Å². The van der Waals surface area contributed by atoms with Gasteiger partial charge in [-0.15, -0.1) is 5.10 Å². The van der Waals surface area contributed by atoms with Gasteiger partial charge < -0.3 is 4.90 Å². The van der Waals surface area contributed by atoms with Gasteiger partial charge in [-0.05, 0) is 29.5 Å². The van der Waals surface area contributed by atoms with E-state index in [4.69, 9.17) is 0 Å². The molecule has 2 aromatic rings. The minimum Gasteiger partial charge on any atom is -0.337 e. The van der Waals surface area contributed by atoms with Gasteiger partial charge in [-0.1, -0.05) is 6.07 Å². The van der Waals surface area contributed by atoms with Gasteiger partial charge in [0.1, 0.15) is 6.33 Å². The molecular weight excluding hydrogens is 244 g/mol. The number of pyridine rings is 1. The first-order valence-corrected chi connectivity index (χ1v) is 6.06. The zero-order valence-electron chi connectivity index (χ0n) is 11.0. The number of hydrogen-bond acceptors (Lipinski definition) is 5. The first-order valence-electron chi connectivity index (χ1n) is 6.06. The van der Waals surface area contributed by atoms with E-state index < -0.39 is 0 Å². The molecule has 7 nitrogen and oxygen atoms in total. The number of aromatic nitrogens is 5. The van der Waals surface area contributed by atoms with Crippen LogP contribution < -0.4 is 0 Å². The molecule has 7 heteroatoms. The maximum atomic E-state index is 12.1. The van der Waals surface area contributed by atoms with Crippen molar-refractivity contribution in [3.05, 3.63) is 36.4 Å². The fraction of sp³-hybridized carbons (Fsp3) is 0.417. The zero-order valence-corrected chi connectivity index (χ0v) is 11.0. The third kappa shape index (κ3) is 3.34. The minimum atomic E-state index is -0.0532. The summed E-state index contributed by atoms with van der Waals surface area (Å²) in [6, 6.07) is 5.63. The van der Waals surface area contributed by atoms with Gasteiger partial charge in [-0.25, -0.2) is 4.68 Å². The van der Waals surface area contributed by atoms with Crippen molar-refractivity contribution in [1.82, 2.24) is 30.1 Å². The Balaban J connectivity index is 1.91. The number of tetrazole rings is 1. The molecule has 19 heavy (non-hydrogen) atoms. The quantitative estimate of drug-likeness (QED) is 0.790. The maximum Gasteiger partial charge on any atom is 0.224 e. The summed E-state index contributed by atoms with van der Waals surface area (Å²) >= 11 is 0. The maximum absolute atomic E-state index is 12.1. The van der Waals surface area contributed by atoms with E-state index in [1.807, 2.05) is 25.1 Å². The van der Waals surface area contributed by atoms with E-state index in [-0.39, 0.29) is 11.9 Å². The summed E-state index contributed by atoms with van der Waals surface area (Å²) in [5, 5.41) is 10.8. The van der Waals surface area contributed by atoms with E-state index in [9.17, 15) is 4.79 Å². The first-order chi connectivity index (χ1) is 9.18. The highest BCUT2D eigenvalue weighted by Crippen LogP contribution is 2.16. The average molecular weight is 260 g/mol. The third-order valence-electron chi connectivity index (χ3n) is 3.04. The van der Waals surface area contributed by atoms with Gasteiger partial charge in [0, 0.05) is 19.7 Å². The van der Waals surface area contributed by atoms with E-state index >= 15 is 0 Å². The fourth-order valence-corrected chi connectivity index (χ4v) is 1.71. The second-order valence-corrected chi connectivity index (χ2v) is 4.26. The number of rotatable bonds is 5. The Labute approximate surface area is 111 Å². The van der Waals surface area contributed by atoms with Gasteiger partial charge >= 0.3 is 0 Å². The van der Waals surface area contributed by atoms with Crippen LogP contribution in [0.4, 0.5) is 0 Å². The Kier molecular flexibility index (Phi) is 4.17. The molecule has 100 valence electrons. The lowest BCUT2D eigenvalue weighted by Crippen LogP contribution is -2.30. The normalized spacial score (nSPS) is 12.1. The van der Waals surface area contributed by atoms with Crippen molar-refractivity contribution in [3.63, 3.8) is 0 Å². The summed E-state index contributed by atoms with van der Waals surface area (Å²) in [4.78, 5) is 18.0. The van der Waals surface area contributed by atoms with E-state index in [2.05, 4.69) is 20.5 Å². The second kappa shape index (κ2) is 6.03. The lowest BCUT2D eigenvalue weighted by molar-refractivity contribution is -0.132. The lowest BCUT2D eigenvalue weighted by Gasteiger charge is -2.24. The largest absolute Gasteiger partial charge is 0.337 e. The predicted molar refractivity (Wildman–Crippen MR) is 67.9 cm³/mol. The molecule has 0 saturated carbocycles. The molecule has 0 saturated heterocycles. The number of carbonyl (C=O) groups is 1. The lowest BCUT2D eigenvalue weighted by atomic mass is 10.2. The van der Waals surface area contributed by atoms with Crippen LogP contribution >= 0.6 is 0 Å². The Morgan fingerprint density at radius 3 is 2.95 bits per heavy atom. The number of aryl methyl sites for hydroxylation is 1. The molecular formula is C12H16N6O. The molecule has 2 rings (SSSR count). The van der Waals surface area contributed by atoms with Crippen LogP contribution in [0.5, 0.6) is 0 Å². The van der Waals surface area contributed by atoms with Crippen molar-refractivity contribution in [2.24, 2.45) is 0 Å². The number of amides is 1. The second-order valence-electron chi connectivity index (χ2n) is 4.26. The SMILES string of the molecule is C[C@H](c1ccccn1)N(C)C(=O)CCn1cnnn1. The molecule has 0 aliphatic carbocycles. The minimum absolute atomic E-state index is 0.0358. The predicted octanol–water partition coefficient (Wildman–Crippen LogP) is 0.678. The Bertz CT molecular complexity index is 512. The van der Waals surface area contributed by atoms with Gasteiger partial charge in [-0.2, -0.15) is 0 Å². The molecule has 0 unspecified atom stereocenters. The Morgan fingerprint density at radius 2 is 2.32 bits per heavy atom. The number of nitrogens with zero attached hydrogens (tertiary/aromatic N) is 6. The zero-order chi connectivity index (χ0) is 13.7. The third-order valence-corrected chi connectivity index (χ3v) is 3.04. The number of hydrogen-bond donors (Lipinski definition) is 0. The van der Waals surface area contributed by atoms with Gasteiger partial charge in [-0.3, -0.25) is 9.78 Å². The van der Waals surface area contributed by atoms with Crippen LogP contribution in [0.15, 0.2) is 30.7 Å². The van der Waals surface area contributed by atoms with E-state index in [1.54, 1.807) is 18.1 Å². The molecule has 1 atom stereocenters. The Hall–Kier alpha value is -2.31. The van der Waals surface area contributed by atoms with Crippen LogP contribution in [0.25, 0.3) is 0 Å². The van der Waals surface area contributed by atoms with Crippen molar-refractivity contribution in [3.8, 4) is 0 Å². The number of carbonyl (C=O) groups excluding carboxylic acids is 1. The average Bonchev–Trinajstić information content (AvgIpc) is 2.97. The van der Waals surface area contributed by atoms with Crippen LogP contribution in [0.1, 0.15) is 25.1 Å². The standard InChI is InChI=1S/C12H16N6O/c1-10(11-5-3-4-7-13-11)17(2)12(19)6-8-18-9-14-15-16-18/h3-5,7,9-10H,6,8H2,1-2H3/t10-/m1/s1. The highest BCUT2D eigenvalue weighted by atomic mass is 16.2. The summed E-state index contributed by atoms with van der Waals surface area (Å²) < 4.78 is 1.54. The highest BCUT2D eigenvalue weighted by molar-refractivity contribution is 5.76. The van der Waals surface area contributed by atoms with Crippen LogP contribution in [0, 0.1) is 0 Å². The fourth-order valence-electron chi connectivity index (χ4n) is 1.71. The summed E-state index contributed by atoms with van der Waals surface area (Å²) in [6.45, 7) is 2.43. The monoisotopic (exact) mass is 260 g/mol. The van der Waals surface area contributed by atoms with Crippen LogP contribution in [0.2, 0.25) is 0 Å². The molecule has 0 spiro atoms. The molecule has 0 aliphatic heterocycles. The molecule has 2 aromatic heterocycles. The molecule has 0 radical (unpaired) electrons. The molecule has 0 N–H and O–H groups in total. The summed E-state index contributed by atoms with van der Waals surface area (Å²) in [7, 11) is 1.78. The Morgan fingerprint density at radius 1 is 1.47 bits per heavy atom. The van der Waals surface area contributed by atoms with Gasteiger partial charge in [0.25, 0.3) is 0 Å². The van der Waals surface area contributed by atoms with Gasteiger partial charge in [0.15, 0.2) is 0 Å². The molecule has 2 heterocycles.